The highest BCUT2D eigenvalue weighted by atomic mass is 79.9. The monoisotopic (exact) mass is 287 g/mol. The van der Waals surface area contributed by atoms with Gasteiger partial charge in [0.15, 0.2) is 0 Å². The van der Waals surface area contributed by atoms with Crippen molar-refractivity contribution in [1.82, 2.24) is 5.32 Å². The first-order chi connectivity index (χ1) is 7.52. The van der Waals surface area contributed by atoms with E-state index in [-0.39, 0.29) is 17.0 Å². The Morgan fingerprint density at radius 1 is 1.50 bits per heavy atom. The van der Waals surface area contributed by atoms with Gasteiger partial charge in [0.05, 0.1) is 5.56 Å². The first-order valence-corrected chi connectivity index (χ1v) is 6.27. The highest BCUT2D eigenvalue weighted by Gasteiger charge is 2.24. The number of nitrogens with one attached hydrogen (secondary N) is 1. The standard InChI is InChI=1S/C12H15BrFNO/c1-3-12(2,8-13)15-11(16)9-6-4-5-7-10(9)14/h4-7H,3,8H2,1-2H3,(H,15,16). The van der Waals surface area contributed by atoms with Crippen LogP contribution in [0, 0.1) is 5.82 Å². The van der Waals surface area contributed by atoms with E-state index in [9.17, 15) is 9.18 Å². The van der Waals surface area contributed by atoms with Crippen LogP contribution in [0.15, 0.2) is 24.3 Å². The predicted octanol–water partition coefficient (Wildman–Crippen LogP) is 3.12. The van der Waals surface area contributed by atoms with Crippen LogP contribution in [0.3, 0.4) is 0 Å². The average Bonchev–Trinajstić information content (AvgIpc) is 2.29. The van der Waals surface area contributed by atoms with Gasteiger partial charge in [0.1, 0.15) is 5.82 Å². The number of rotatable bonds is 4. The third kappa shape index (κ3) is 3.04. The number of hydrogen-bond donors (Lipinski definition) is 1. The molecule has 0 heterocycles. The summed E-state index contributed by atoms with van der Waals surface area (Å²) >= 11 is 3.34. The number of carbonyl (C=O) groups excluding carboxylic acids is 1. The summed E-state index contributed by atoms with van der Waals surface area (Å²) in [5.74, 6) is -0.866. The molecule has 0 aliphatic rings. The lowest BCUT2D eigenvalue weighted by Crippen LogP contribution is -2.47. The first-order valence-electron chi connectivity index (χ1n) is 5.15. The Kier molecular flexibility index (Phi) is 4.47. The molecular formula is C12H15BrFNO. The second kappa shape index (κ2) is 5.43. The molecule has 0 radical (unpaired) electrons. The number of amides is 1. The number of carbonyl (C=O) groups is 1. The van der Waals surface area contributed by atoms with Gasteiger partial charge in [-0.25, -0.2) is 4.39 Å². The minimum Gasteiger partial charge on any atom is -0.346 e. The second-order valence-electron chi connectivity index (χ2n) is 3.98. The second-order valence-corrected chi connectivity index (χ2v) is 4.54. The van der Waals surface area contributed by atoms with Gasteiger partial charge in [-0.3, -0.25) is 4.79 Å². The van der Waals surface area contributed by atoms with Gasteiger partial charge in [-0.1, -0.05) is 35.0 Å². The Balaban J connectivity index is 2.84. The van der Waals surface area contributed by atoms with E-state index in [0.717, 1.165) is 6.42 Å². The normalized spacial score (nSPS) is 14.2. The Hall–Kier alpha value is -0.900. The van der Waals surface area contributed by atoms with Gasteiger partial charge in [-0.05, 0) is 25.5 Å². The van der Waals surface area contributed by atoms with Gasteiger partial charge in [0, 0.05) is 10.9 Å². The Morgan fingerprint density at radius 2 is 2.12 bits per heavy atom. The minimum absolute atomic E-state index is 0.0862. The van der Waals surface area contributed by atoms with Crippen molar-refractivity contribution in [2.75, 3.05) is 5.33 Å². The highest BCUT2D eigenvalue weighted by Crippen LogP contribution is 2.14. The maximum Gasteiger partial charge on any atom is 0.254 e. The molecule has 1 unspecified atom stereocenters. The summed E-state index contributed by atoms with van der Waals surface area (Å²) in [6.07, 6.45) is 0.776. The number of alkyl halides is 1. The van der Waals surface area contributed by atoms with Crippen LogP contribution in [0.5, 0.6) is 0 Å². The van der Waals surface area contributed by atoms with E-state index in [1.807, 2.05) is 13.8 Å². The van der Waals surface area contributed by atoms with Crippen LogP contribution in [-0.2, 0) is 0 Å². The Morgan fingerprint density at radius 3 is 2.62 bits per heavy atom. The molecule has 0 aliphatic heterocycles. The quantitative estimate of drug-likeness (QED) is 0.847. The summed E-state index contributed by atoms with van der Waals surface area (Å²) in [7, 11) is 0. The number of halogens is 2. The molecule has 0 aromatic heterocycles. The number of benzene rings is 1. The first kappa shape index (κ1) is 13.2. The van der Waals surface area contributed by atoms with E-state index in [1.165, 1.54) is 12.1 Å². The molecule has 0 fully saturated rings. The van der Waals surface area contributed by atoms with E-state index in [2.05, 4.69) is 21.2 Å². The number of hydrogen-bond acceptors (Lipinski definition) is 1. The van der Waals surface area contributed by atoms with Crippen molar-refractivity contribution in [2.24, 2.45) is 0 Å². The van der Waals surface area contributed by atoms with Crippen molar-refractivity contribution in [1.29, 1.82) is 0 Å². The molecule has 1 amide bonds. The van der Waals surface area contributed by atoms with Gasteiger partial charge in [-0.15, -0.1) is 0 Å². The lowest BCUT2D eigenvalue weighted by molar-refractivity contribution is 0.0909. The van der Waals surface area contributed by atoms with E-state index < -0.39 is 5.82 Å². The summed E-state index contributed by atoms with van der Waals surface area (Å²) in [5.41, 5.74) is -0.262. The van der Waals surface area contributed by atoms with E-state index in [4.69, 9.17) is 0 Å². The summed E-state index contributed by atoms with van der Waals surface area (Å²) in [6.45, 7) is 3.89. The molecule has 1 rings (SSSR count). The van der Waals surface area contributed by atoms with E-state index >= 15 is 0 Å². The van der Waals surface area contributed by atoms with Crippen LogP contribution >= 0.6 is 15.9 Å². The summed E-state index contributed by atoms with van der Waals surface area (Å²) in [6, 6.07) is 5.98. The molecule has 88 valence electrons. The van der Waals surface area contributed by atoms with Crippen molar-refractivity contribution in [3.63, 3.8) is 0 Å². The lowest BCUT2D eigenvalue weighted by Gasteiger charge is -2.27. The molecule has 2 nitrogen and oxygen atoms in total. The van der Waals surface area contributed by atoms with Crippen LogP contribution < -0.4 is 5.32 Å². The minimum atomic E-state index is -0.493. The molecule has 4 heteroatoms. The molecule has 16 heavy (non-hydrogen) atoms. The Bertz CT molecular complexity index is 377. The SMILES string of the molecule is CCC(C)(CBr)NC(=O)c1ccccc1F. The zero-order valence-corrected chi connectivity index (χ0v) is 11.0. The Labute approximate surface area is 103 Å². The summed E-state index contributed by atoms with van der Waals surface area (Å²) < 4.78 is 13.4. The van der Waals surface area contributed by atoms with Crippen molar-refractivity contribution >= 4 is 21.8 Å². The lowest BCUT2D eigenvalue weighted by atomic mass is 10.0. The summed E-state index contributed by atoms with van der Waals surface area (Å²) in [4.78, 5) is 11.8. The third-order valence-electron chi connectivity index (χ3n) is 2.61. The highest BCUT2D eigenvalue weighted by molar-refractivity contribution is 9.09. The molecule has 0 spiro atoms. The van der Waals surface area contributed by atoms with Gasteiger partial charge in [0.25, 0.3) is 5.91 Å². The smallest absolute Gasteiger partial charge is 0.254 e. The largest absolute Gasteiger partial charge is 0.346 e. The van der Waals surface area contributed by atoms with Crippen molar-refractivity contribution in [2.45, 2.75) is 25.8 Å². The summed E-state index contributed by atoms with van der Waals surface area (Å²) in [5, 5.41) is 3.46. The maximum absolute atomic E-state index is 13.4. The molecule has 1 N–H and O–H groups in total. The topological polar surface area (TPSA) is 29.1 Å². The predicted molar refractivity (Wildman–Crippen MR) is 66.4 cm³/mol. The molecule has 0 saturated carbocycles. The zero-order chi connectivity index (χ0) is 12.2. The van der Waals surface area contributed by atoms with Crippen LogP contribution in [-0.4, -0.2) is 16.8 Å². The van der Waals surface area contributed by atoms with Crippen molar-refractivity contribution < 1.29 is 9.18 Å². The van der Waals surface area contributed by atoms with Crippen LogP contribution in [0.1, 0.15) is 30.6 Å². The van der Waals surface area contributed by atoms with Gasteiger partial charge < -0.3 is 5.32 Å². The van der Waals surface area contributed by atoms with Gasteiger partial charge in [-0.2, -0.15) is 0 Å². The van der Waals surface area contributed by atoms with Crippen LogP contribution in [0.2, 0.25) is 0 Å². The molecule has 0 bridgehead atoms. The van der Waals surface area contributed by atoms with Gasteiger partial charge in [0.2, 0.25) is 0 Å². The van der Waals surface area contributed by atoms with E-state index in [1.54, 1.807) is 12.1 Å². The fourth-order valence-corrected chi connectivity index (χ4v) is 1.74. The molecular weight excluding hydrogens is 273 g/mol. The van der Waals surface area contributed by atoms with E-state index in [0.29, 0.717) is 5.33 Å². The zero-order valence-electron chi connectivity index (χ0n) is 9.39. The van der Waals surface area contributed by atoms with Crippen LogP contribution in [0.25, 0.3) is 0 Å². The molecule has 0 saturated heterocycles. The van der Waals surface area contributed by atoms with Crippen molar-refractivity contribution in [3.8, 4) is 0 Å². The third-order valence-corrected chi connectivity index (χ3v) is 3.85. The van der Waals surface area contributed by atoms with Crippen LogP contribution in [0.4, 0.5) is 4.39 Å². The van der Waals surface area contributed by atoms with Gasteiger partial charge >= 0.3 is 0 Å². The molecule has 1 atom stereocenters. The fourth-order valence-electron chi connectivity index (χ4n) is 1.20. The van der Waals surface area contributed by atoms with Crippen molar-refractivity contribution in [3.05, 3.63) is 35.6 Å². The molecule has 0 aliphatic carbocycles. The average molecular weight is 288 g/mol. The molecule has 1 aromatic rings. The molecule has 1 aromatic carbocycles. The maximum atomic E-state index is 13.4. The fraction of sp³-hybridized carbons (Fsp3) is 0.417.